The van der Waals surface area contributed by atoms with Crippen molar-refractivity contribution in [2.24, 2.45) is 5.73 Å². The van der Waals surface area contributed by atoms with Gasteiger partial charge in [-0.1, -0.05) is 31.5 Å². The second-order valence-electron chi connectivity index (χ2n) is 6.09. The average Bonchev–Trinajstić information content (AvgIpc) is 3.03. The number of nitrogens with two attached hydrogens (primary N) is 1. The van der Waals surface area contributed by atoms with Crippen molar-refractivity contribution in [3.8, 4) is 11.4 Å². The van der Waals surface area contributed by atoms with Crippen molar-refractivity contribution in [2.75, 3.05) is 7.11 Å². The third-order valence-corrected chi connectivity index (χ3v) is 4.37. The van der Waals surface area contributed by atoms with Crippen LogP contribution in [-0.4, -0.2) is 28.5 Å². The summed E-state index contributed by atoms with van der Waals surface area (Å²) in [5, 5.41) is 7.64. The molecule has 0 aliphatic rings. The summed E-state index contributed by atoms with van der Waals surface area (Å²) in [6.45, 7) is 2.92. The predicted molar refractivity (Wildman–Crippen MR) is 102 cm³/mol. The topological polar surface area (TPSA) is 94.0 Å². The van der Waals surface area contributed by atoms with E-state index in [1.807, 2.05) is 36.4 Å². The van der Waals surface area contributed by atoms with Gasteiger partial charge in [0.05, 0.1) is 23.7 Å². The maximum atomic E-state index is 12.2. The van der Waals surface area contributed by atoms with E-state index in [9.17, 15) is 4.79 Å². The first-order valence-corrected chi connectivity index (χ1v) is 8.59. The van der Waals surface area contributed by atoms with E-state index in [1.54, 1.807) is 6.07 Å². The Kier molecular flexibility index (Phi) is 5.02. The van der Waals surface area contributed by atoms with E-state index in [-0.39, 0.29) is 11.8 Å². The number of hydrogen-bond acceptors (Lipinski definition) is 4. The summed E-state index contributed by atoms with van der Waals surface area (Å²) < 4.78 is 7.04. The molecule has 3 rings (SSSR count). The molecule has 1 heterocycles. The number of unbranched alkanes of at least 4 members (excludes halogenated alkanes) is 1. The zero-order chi connectivity index (χ0) is 18.7. The van der Waals surface area contributed by atoms with Gasteiger partial charge < -0.3 is 15.0 Å². The number of nitrogens with zero attached hydrogens (tertiary/aromatic N) is 2. The summed E-state index contributed by atoms with van der Waals surface area (Å²) in [5.41, 5.74) is 9.16. The number of nitrogen functional groups attached to an aromatic ring is 1. The number of benzene rings is 2. The molecule has 6 heteroatoms. The molecule has 0 saturated carbocycles. The van der Waals surface area contributed by atoms with Crippen molar-refractivity contribution >= 4 is 22.8 Å². The highest BCUT2D eigenvalue weighted by molar-refractivity contribution is 6.00. The minimum absolute atomic E-state index is 0.00604. The minimum Gasteiger partial charge on any atom is -0.465 e. The number of aromatic nitrogens is 2. The molecule has 0 amide bonds. The Bertz CT molecular complexity index is 975. The molecule has 2 aromatic carbocycles. The van der Waals surface area contributed by atoms with Crippen LogP contribution in [0.1, 0.15) is 35.7 Å². The van der Waals surface area contributed by atoms with Crippen molar-refractivity contribution in [2.45, 2.75) is 26.3 Å². The van der Waals surface area contributed by atoms with E-state index in [0.717, 1.165) is 41.8 Å². The number of rotatable bonds is 6. The van der Waals surface area contributed by atoms with Crippen LogP contribution in [0, 0.1) is 5.41 Å². The monoisotopic (exact) mass is 350 g/mol. The molecular weight excluding hydrogens is 328 g/mol. The molecule has 0 fully saturated rings. The van der Waals surface area contributed by atoms with Crippen LogP contribution in [0.2, 0.25) is 0 Å². The van der Waals surface area contributed by atoms with E-state index in [4.69, 9.17) is 20.9 Å². The van der Waals surface area contributed by atoms with Crippen molar-refractivity contribution in [1.82, 2.24) is 9.55 Å². The van der Waals surface area contributed by atoms with E-state index < -0.39 is 0 Å². The van der Waals surface area contributed by atoms with Crippen LogP contribution in [-0.2, 0) is 11.3 Å². The molecule has 134 valence electrons. The quantitative estimate of drug-likeness (QED) is 0.404. The number of carbonyl (C=O) groups is 1. The van der Waals surface area contributed by atoms with Gasteiger partial charge in [-0.05, 0) is 30.7 Å². The fraction of sp³-hybridized carbons (Fsp3) is 0.250. The standard InChI is InChI=1S/C20H22N4O2/c1-3-4-11-24-17-10-9-13(18(21)22)12-16(17)23-19(24)14-7-5-6-8-15(14)20(25)26-2/h5-10,12H,3-4,11H2,1-2H3,(H3,21,22). The smallest absolute Gasteiger partial charge is 0.338 e. The normalized spacial score (nSPS) is 10.8. The van der Waals surface area contributed by atoms with E-state index in [2.05, 4.69) is 11.5 Å². The van der Waals surface area contributed by atoms with Crippen molar-refractivity contribution in [1.29, 1.82) is 5.41 Å². The van der Waals surface area contributed by atoms with Gasteiger partial charge in [0.2, 0.25) is 0 Å². The maximum absolute atomic E-state index is 12.2. The molecule has 26 heavy (non-hydrogen) atoms. The lowest BCUT2D eigenvalue weighted by Crippen LogP contribution is -2.10. The Morgan fingerprint density at radius 3 is 2.73 bits per heavy atom. The van der Waals surface area contributed by atoms with Gasteiger partial charge in [-0.15, -0.1) is 0 Å². The highest BCUT2D eigenvalue weighted by Crippen LogP contribution is 2.29. The van der Waals surface area contributed by atoms with Crippen LogP contribution in [0.15, 0.2) is 42.5 Å². The minimum atomic E-state index is -0.390. The predicted octanol–water partition coefficient (Wildman–Crippen LogP) is 3.57. The van der Waals surface area contributed by atoms with Gasteiger partial charge in [-0.25, -0.2) is 9.78 Å². The number of esters is 1. The number of hydrogen-bond donors (Lipinski definition) is 2. The lowest BCUT2D eigenvalue weighted by molar-refractivity contribution is 0.0601. The summed E-state index contributed by atoms with van der Waals surface area (Å²) in [6.07, 6.45) is 2.04. The molecule has 0 saturated heterocycles. The fourth-order valence-corrected chi connectivity index (χ4v) is 3.01. The SMILES string of the molecule is CCCCn1c(-c2ccccc2C(=O)OC)nc2cc(C(=N)N)ccc21. The molecule has 0 unspecified atom stereocenters. The van der Waals surface area contributed by atoms with Crippen molar-refractivity contribution in [3.05, 3.63) is 53.6 Å². The second-order valence-corrected chi connectivity index (χ2v) is 6.09. The van der Waals surface area contributed by atoms with E-state index in [1.165, 1.54) is 7.11 Å². The van der Waals surface area contributed by atoms with Gasteiger partial charge >= 0.3 is 5.97 Å². The Morgan fingerprint density at radius 2 is 2.04 bits per heavy atom. The number of amidine groups is 1. The highest BCUT2D eigenvalue weighted by atomic mass is 16.5. The lowest BCUT2D eigenvalue weighted by atomic mass is 10.1. The highest BCUT2D eigenvalue weighted by Gasteiger charge is 2.19. The van der Waals surface area contributed by atoms with Gasteiger partial charge in [0.1, 0.15) is 11.7 Å². The van der Waals surface area contributed by atoms with Crippen molar-refractivity contribution in [3.63, 3.8) is 0 Å². The summed E-state index contributed by atoms with van der Waals surface area (Å²) in [5.74, 6) is 0.334. The Morgan fingerprint density at radius 1 is 1.27 bits per heavy atom. The molecule has 0 spiro atoms. The number of ether oxygens (including phenoxy) is 1. The first-order valence-electron chi connectivity index (χ1n) is 8.59. The van der Waals surface area contributed by atoms with Gasteiger partial charge in [-0.3, -0.25) is 5.41 Å². The lowest BCUT2D eigenvalue weighted by Gasteiger charge is -2.11. The Labute approximate surface area is 152 Å². The number of methoxy groups -OCH3 is 1. The third-order valence-electron chi connectivity index (χ3n) is 4.37. The van der Waals surface area contributed by atoms with Gasteiger partial charge in [-0.2, -0.15) is 0 Å². The van der Waals surface area contributed by atoms with E-state index in [0.29, 0.717) is 11.1 Å². The number of nitrogens with one attached hydrogen (secondary N) is 1. The molecule has 6 nitrogen and oxygen atoms in total. The average molecular weight is 350 g/mol. The van der Waals surface area contributed by atoms with Gasteiger partial charge in [0.25, 0.3) is 0 Å². The number of imidazole rings is 1. The summed E-state index contributed by atoms with van der Waals surface area (Å²) in [6, 6.07) is 12.9. The van der Waals surface area contributed by atoms with Crippen LogP contribution in [0.5, 0.6) is 0 Å². The molecule has 1 aromatic heterocycles. The summed E-state index contributed by atoms with van der Waals surface area (Å²) in [7, 11) is 1.37. The molecule has 0 atom stereocenters. The molecule has 0 aliphatic carbocycles. The van der Waals surface area contributed by atoms with Crippen LogP contribution >= 0.6 is 0 Å². The van der Waals surface area contributed by atoms with Gasteiger partial charge in [0.15, 0.2) is 0 Å². The third kappa shape index (κ3) is 3.18. The van der Waals surface area contributed by atoms with Crippen LogP contribution in [0.25, 0.3) is 22.4 Å². The molecule has 0 radical (unpaired) electrons. The Hall–Kier alpha value is -3.15. The Balaban J connectivity index is 2.25. The number of fused-ring (bicyclic) bond motifs is 1. The molecular formula is C20H22N4O2. The zero-order valence-corrected chi connectivity index (χ0v) is 15.0. The van der Waals surface area contributed by atoms with E-state index >= 15 is 0 Å². The first kappa shape index (κ1) is 17.7. The van der Waals surface area contributed by atoms with Crippen LogP contribution in [0.3, 0.4) is 0 Å². The number of carbonyl (C=O) groups excluding carboxylic acids is 1. The molecule has 0 aliphatic heterocycles. The largest absolute Gasteiger partial charge is 0.465 e. The van der Waals surface area contributed by atoms with Crippen LogP contribution in [0.4, 0.5) is 0 Å². The summed E-state index contributed by atoms with van der Waals surface area (Å²) >= 11 is 0. The molecule has 3 N–H and O–H groups in total. The van der Waals surface area contributed by atoms with Crippen LogP contribution < -0.4 is 5.73 Å². The van der Waals surface area contributed by atoms with Crippen molar-refractivity contribution < 1.29 is 9.53 Å². The molecule has 0 bridgehead atoms. The number of aryl methyl sites for hydroxylation is 1. The fourth-order valence-electron chi connectivity index (χ4n) is 3.01. The zero-order valence-electron chi connectivity index (χ0n) is 15.0. The summed E-state index contributed by atoms with van der Waals surface area (Å²) in [4.78, 5) is 16.9. The maximum Gasteiger partial charge on any atom is 0.338 e. The van der Waals surface area contributed by atoms with Gasteiger partial charge in [0, 0.05) is 17.7 Å². The second kappa shape index (κ2) is 7.39. The molecule has 3 aromatic rings. The first-order chi connectivity index (χ1) is 12.6.